The van der Waals surface area contributed by atoms with Crippen LogP contribution >= 0.6 is 23.6 Å². The van der Waals surface area contributed by atoms with Crippen LogP contribution in [0, 0.1) is 4.84 Å². The van der Waals surface area contributed by atoms with Crippen LogP contribution in [-0.2, 0) is 0 Å². The molecule has 8 heteroatoms. The molecular formula is C9H5N5OS2. The summed E-state index contributed by atoms with van der Waals surface area (Å²) in [5, 5.41) is 9.05. The molecule has 0 saturated carbocycles. The lowest BCUT2D eigenvalue weighted by atomic mass is 10.4. The molecule has 1 N–H and O–H groups in total. The van der Waals surface area contributed by atoms with Gasteiger partial charge in [0.1, 0.15) is 16.4 Å². The first-order valence-corrected chi connectivity index (χ1v) is 5.89. The van der Waals surface area contributed by atoms with E-state index in [4.69, 9.17) is 16.6 Å². The Kier molecular flexibility index (Phi) is 2.50. The van der Waals surface area contributed by atoms with Gasteiger partial charge in [-0.1, -0.05) is 0 Å². The van der Waals surface area contributed by atoms with Crippen molar-refractivity contribution in [1.29, 1.82) is 0 Å². The predicted octanol–water partition coefficient (Wildman–Crippen LogP) is 2.31. The van der Waals surface area contributed by atoms with Gasteiger partial charge in [0.25, 0.3) is 10.7 Å². The van der Waals surface area contributed by atoms with Gasteiger partial charge < -0.3 is 4.42 Å². The van der Waals surface area contributed by atoms with Crippen molar-refractivity contribution in [3.05, 3.63) is 28.8 Å². The van der Waals surface area contributed by atoms with Crippen molar-refractivity contribution in [2.24, 2.45) is 0 Å². The minimum Gasteiger partial charge on any atom is -0.408 e. The van der Waals surface area contributed by atoms with Gasteiger partial charge in [0.05, 0.1) is 6.20 Å². The van der Waals surface area contributed by atoms with Crippen molar-refractivity contribution in [1.82, 2.24) is 25.1 Å². The van der Waals surface area contributed by atoms with Crippen LogP contribution in [0.25, 0.3) is 22.3 Å². The first-order chi connectivity index (χ1) is 8.33. The van der Waals surface area contributed by atoms with E-state index in [1.54, 1.807) is 18.6 Å². The second-order valence-electron chi connectivity index (χ2n) is 3.05. The lowest BCUT2D eigenvalue weighted by molar-refractivity contribution is 0.550. The summed E-state index contributed by atoms with van der Waals surface area (Å²) < 4.78 is 5.18. The fourth-order valence-corrected chi connectivity index (χ4v) is 2.12. The molecule has 0 unspecified atom stereocenters. The number of thiazole rings is 1. The third-order valence-electron chi connectivity index (χ3n) is 1.94. The van der Waals surface area contributed by atoms with Crippen molar-refractivity contribution in [2.75, 3.05) is 0 Å². The Labute approximate surface area is 104 Å². The highest BCUT2D eigenvalue weighted by molar-refractivity contribution is 7.71. The summed E-state index contributed by atoms with van der Waals surface area (Å²) in [7, 11) is 0. The van der Waals surface area contributed by atoms with Gasteiger partial charge in [0, 0.05) is 17.8 Å². The quantitative estimate of drug-likeness (QED) is 0.715. The smallest absolute Gasteiger partial charge is 0.284 e. The minimum absolute atomic E-state index is 0.231. The number of aromatic amines is 1. The molecule has 3 aromatic heterocycles. The molecule has 0 fully saturated rings. The van der Waals surface area contributed by atoms with E-state index in [1.807, 2.05) is 5.38 Å². The average molecular weight is 263 g/mol. The highest BCUT2D eigenvalue weighted by Gasteiger charge is 2.11. The van der Waals surface area contributed by atoms with E-state index in [1.165, 1.54) is 11.3 Å². The van der Waals surface area contributed by atoms with Crippen molar-refractivity contribution >= 4 is 23.6 Å². The summed E-state index contributed by atoms with van der Waals surface area (Å²) in [4.78, 5) is 12.7. The number of aromatic nitrogens is 5. The standard InChI is InChI=1S/C9H5N5OS2/c16-9-14-13-7(15-9)6-4-17-8(12-6)5-3-10-1-2-11-5/h1-4H,(H,14,16). The van der Waals surface area contributed by atoms with Crippen LogP contribution in [0.3, 0.4) is 0 Å². The van der Waals surface area contributed by atoms with Crippen LogP contribution in [0.4, 0.5) is 0 Å². The van der Waals surface area contributed by atoms with Crippen molar-refractivity contribution in [2.45, 2.75) is 0 Å². The molecule has 0 radical (unpaired) electrons. The van der Waals surface area contributed by atoms with Gasteiger partial charge in [-0.3, -0.25) is 9.97 Å². The largest absolute Gasteiger partial charge is 0.408 e. The fourth-order valence-electron chi connectivity index (χ4n) is 1.24. The van der Waals surface area contributed by atoms with E-state index in [-0.39, 0.29) is 4.84 Å². The van der Waals surface area contributed by atoms with E-state index >= 15 is 0 Å². The second kappa shape index (κ2) is 4.15. The third-order valence-corrected chi connectivity index (χ3v) is 2.98. The van der Waals surface area contributed by atoms with E-state index < -0.39 is 0 Å². The fraction of sp³-hybridized carbons (Fsp3) is 0. The van der Waals surface area contributed by atoms with Crippen LogP contribution in [0.2, 0.25) is 0 Å². The summed E-state index contributed by atoms with van der Waals surface area (Å²) in [5.41, 5.74) is 1.35. The van der Waals surface area contributed by atoms with Gasteiger partial charge >= 0.3 is 0 Å². The maximum absolute atomic E-state index is 5.18. The maximum atomic E-state index is 5.18. The molecule has 3 heterocycles. The summed E-state index contributed by atoms with van der Waals surface area (Å²) in [6.07, 6.45) is 4.89. The first-order valence-electron chi connectivity index (χ1n) is 4.61. The zero-order valence-corrected chi connectivity index (χ0v) is 9.96. The van der Waals surface area contributed by atoms with Gasteiger partial charge in [-0.05, 0) is 12.2 Å². The Hall–Kier alpha value is -1.93. The Bertz CT molecular complexity index is 686. The molecule has 0 atom stereocenters. The van der Waals surface area contributed by atoms with Gasteiger partial charge in [-0.15, -0.1) is 16.4 Å². The molecule has 0 aliphatic carbocycles. The first kappa shape index (κ1) is 10.2. The van der Waals surface area contributed by atoms with Gasteiger partial charge in [0.15, 0.2) is 0 Å². The zero-order valence-electron chi connectivity index (χ0n) is 8.32. The maximum Gasteiger partial charge on any atom is 0.284 e. The van der Waals surface area contributed by atoms with Gasteiger partial charge in [0.2, 0.25) is 0 Å². The summed E-state index contributed by atoms with van der Waals surface area (Å²) in [6.45, 7) is 0. The normalized spacial score (nSPS) is 10.6. The summed E-state index contributed by atoms with van der Waals surface area (Å²) in [5.74, 6) is 0.376. The molecule has 3 rings (SSSR count). The van der Waals surface area contributed by atoms with Crippen LogP contribution < -0.4 is 0 Å². The number of nitrogens with zero attached hydrogens (tertiary/aromatic N) is 4. The van der Waals surface area contributed by atoms with Crippen molar-refractivity contribution in [3.63, 3.8) is 0 Å². The summed E-state index contributed by atoms with van der Waals surface area (Å²) >= 11 is 6.25. The molecule has 0 bridgehead atoms. The Morgan fingerprint density at radius 1 is 1.29 bits per heavy atom. The molecule has 17 heavy (non-hydrogen) atoms. The van der Waals surface area contributed by atoms with Crippen molar-refractivity contribution in [3.8, 4) is 22.3 Å². The number of hydrogen-bond acceptors (Lipinski definition) is 7. The van der Waals surface area contributed by atoms with Crippen LogP contribution in [0.1, 0.15) is 0 Å². The molecular weight excluding hydrogens is 258 g/mol. The molecule has 0 aliphatic rings. The highest BCUT2D eigenvalue weighted by atomic mass is 32.1. The Morgan fingerprint density at radius 3 is 2.94 bits per heavy atom. The summed E-state index contributed by atoms with van der Waals surface area (Å²) in [6, 6.07) is 0. The molecule has 0 spiro atoms. The Morgan fingerprint density at radius 2 is 2.24 bits per heavy atom. The van der Waals surface area contributed by atoms with Gasteiger partial charge in [-0.25, -0.2) is 10.1 Å². The number of hydrogen-bond donors (Lipinski definition) is 1. The molecule has 84 valence electrons. The van der Waals surface area contributed by atoms with Gasteiger partial charge in [-0.2, -0.15) is 0 Å². The second-order valence-corrected chi connectivity index (χ2v) is 4.28. The molecule has 0 aromatic carbocycles. The van der Waals surface area contributed by atoms with E-state index in [2.05, 4.69) is 25.1 Å². The van der Waals surface area contributed by atoms with Crippen LogP contribution in [0.5, 0.6) is 0 Å². The number of rotatable bonds is 2. The van der Waals surface area contributed by atoms with E-state index in [0.717, 1.165) is 10.7 Å². The van der Waals surface area contributed by atoms with E-state index in [0.29, 0.717) is 11.6 Å². The lowest BCUT2D eigenvalue weighted by Gasteiger charge is -1.91. The minimum atomic E-state index is 0.231. The third kappa shape index (κ3) is 1.99. The Balaban J connectivity index is 2.01. The zero-order chi connectivity index (χ0) is 11.7. The lowest BCUT2D eigenvalue weighted by Crippen LogP contribution is -1.83. The molecule has 3 aromatic rings. The average Bonchev–Trinajstić information content (AvgIpc) is 2.98. The molecule has 0 aliphatic heterocycles. The van der Waals surface area contributed by atoms with Crippen molar-refractivity contribution < 1.29 is 4.42 Å². The van der Waals surface area contributed by atoms with Crippen LogP contribution in [0.15, 0.2) is 28.4 Å². The van der Waals surface area contributed by atoms with Crippen LogP contribution in [-0.4, -0.2) is 25.1 Å². The highest BCUT2D eigenvalue weighted by Crippen LogP contribution is 2.25. The molecule has 6 nitrogen and oxygen atoms in total. The monoisotopic (exact) mass is 263 g/mol. The number of H-pyrrole nitrogens is 1. The number of nitrogens with one attached hydrogen (secondary N) is 1. The molecule has 0 amide bonds. The molecule has 0 saturated heterocycles. The topological polar surface area (TPSA) is 80.5 Å². The SMILES string of the molecule is S=c1[nH]nc(-c2csc(-c3cnccn3)n2)o1. The predicted molar refractivity (Wildman–Crippen MR) is 63.8 cm³/mol. The van der Waals surface area contributed by atoms with E-state index in [9.17, 15) is 0 Å².